The summed E-state index contributed by atoms with van der Waals surface area (Å²) >= 11 is 0. The Morgan fingerprint density at radius 1 is 1.21 bits per heavy atom. The smallest absolute Gasteiger partial charge is 0.425 e. The summed E-state index contributed by atoms with van der Waals surface area (Å²) in [6.45, 7) is 1.36. The van der Waals surface area contributed by atoms with Gasteiger partial charge in [-0.25, -0.2) is 14.4 Å². The van der Waals surface area contributed by atoms with Crippen LogP contribution in [0.4, 0.5) is 17.6 Å². The number of amidine groups is 1. The molecule has 0 bridgehead atoms. The van der Waals surface area contributed by atoms with Gasteiger partial charge in [-0.05, 0) is 37.3 Å². The molecule has 0 spiro atoms. The van der Waals surface area contributed by atoms with Crippen molar-refractivity contribution in [1.82, 2.24) is 4.98 Å². The molecule has 0 saturated heterocycles. The van der Waals surface area contributed by atoms with Gasteiger partial charge in [-0.1, -0.05) is 11.8 Å². The Morgan fingerprint density at radius 3 is 2.52 bits per heavy atom. The van der Waals surface area contributed by atoms with E-state index in [1.54, 1.807) is 6.07 Å². The van der Waals surface area contributed by atoms with Crippen LogP contribution in [-0.2, 0) is 10.3 Å². The SMILES string of the molecule is C[C@@]1(c2cc(C#Cc3ccc(C#N)nc3)ccc2F)C[C@@H](C(F)(F)F)OC(N)=N1. The predicted molar refractivity (Wildman–Crippen MR) is 95.9 cm³/mol. The number of nitrogens with zero attached hydrogens (tertiary/aromatic N) is 3. The first-order chi connectivity index (χ1) is 13.6. The van der Waals surface area contributed by atoms with E-state index in [-0.39, 0.29) is 11.3 Å². The van der Waals surface area contributed by atoms with Gasteiger partial charge in [0.25, 0.3) is 6.02 Å². The molecule has 2 heterocycles. The average molecular weight is 402 g/mol. The van der Waals surface area contributed by atoms with E-state index >= 15 is 0 Å². The largest absolute Gasteiger partial charge is 0.452 e. The van der Waals surface area contributed by atoms with Crippen LogP contribution in [0.15, 0.2) is 41.5 Å². The molecule has 0 radical (unpaired) electrons. The number of rotatable bonds is 1. The molecule has 5 nitrogen and oxygen atoms in total. The number of aromatic nitrogens is 1. The summed E-state index contributed by atoms with van der Waals surface area (Å²) in [6.07, 6.45) is -6.07. The topological polar surface area (TPSA) is 84.3 Å². The zero-order chi connectivity index (χ0) is 21.2. The second-order valence-electron chi connectivity index (χ2n) is 6.56. The Morgan fingerprint density at radius 2 is 1.90 bits per heavy atom. The number of nitriles is 1. The Labute approximate surface area is 163 Å². The lowest BCUT2D eigenvalue weighted by molar-refractivity contribution is -0.208. The Hall–Kier alpha value is -3.59. The molecular weight excluding hydrogens is 388 g/mol. The van der Waals surface area contributed by atoms with E-state index in [4.69, 9.17) is 11.0 Å². The van der Waals surface area contributed by atoms with Gasteiger partial charge in [-0.2, -0.15) is 18.4 Å². The van der Waals surface area contributed by atoms with E-state index in [1.165, 1.54) is 31.3 Å². The minimum Gasteiger partial charge on any atom is -0.452 e. The molecule has 2 N–H and O–H groups in total. The highest BCUT2D eigenvalue weighted by Crippen LogP contribution is 2.40. The molecule has 1 aliphatic rings. The van der Waals surface area contributed by atoms with Crippen molar-refractivity contribution in [2.24, 2.45) is 10.7 Å². The summed E-state index contributed by atoms with van der Waals surface area (Å²) in [4.78, 5) is 7.82. The van der Waals surface area contributed by atoms with Crippen molar-refractivity contribution in [3.05, 3.63) is 64.7 Å². The molecule has 1 aliphatic heterocycles. The van der Waals surface area contributed by atoms with Crippen molar-refractivity contribution in [3.8, 4) is 17.9 Å². The van der Waals surface area contributed by atoms with Crippen LogP contribution in [-0.4, -0.2) is 23.3 Å². The minimum atomic E-state index is -4.67. The third kappa shape index (κ3) is 4.46. The van der Waals surface area contributed by atoms with Crippen molar-refractivity contribution in [3.63, 3.8) is 0 Å². The van der Waals surface area contributed by atoms with E-state index in [1.807, 2.05) is 6.07 Å². The molecular formula is C20H14F4N4O. The Balaban J connectivity index is 1.96. The fourth-order valence-electron chi connectivity index (χ4n) is 2.91. The number of alkyl halides is 3. The summed E-state index contributed by atoms with van der Waals surface area (Å²) in [6, 6.07) is 8.19. The minimum absolute atomic E-state index is 0.0669. The van der Waals surface area contributed by atoms with Gasteiger partial charge in [0.1, 0.15) is 17.6 Å². The number of hydrogen-bond acceptors (Lipinski definition) is 5. The molecule has 1 aromatic heterocycles. The fraction of sp³-hybridized carbons (Fsp3) is 0.250. The highest BCUT2D eigenvalue weighted by atomic mass is 19.4. The van der Waals surface area contributed by atoms with Gasteiger partial charge >= 0.3 is 6.18 Å². The van der Waals surface area contributed by atoms with Crippen molar-refractivity contribution in [2.75, 3.05) is 0 Å². The number of hydrogen-bond donors (Lipinski definition) is 1. The molecule has 3 rings (SSSR count). The summed E-state index contributed by atoms with van der Waals surface area (Å²) in [7, 11) is 0. The molecule has 0 saturated carbocycles. The number of halogens is 4. The van der Waals surface area contributed by atoms with Crippen LogP contribution in [0.2, 0.25) is 0 Å². The average Bonchev–Trinajstić information content (AvgIpc) is 2.66. The number of benzene rings is 1. The van der Waals surface area contributed by atoms with E-state index < -0.39 is 36.1 Å². The van der Waals surface area contributed by atoms with E-state index in [0.29, 0.717) is 11.1 Å². The van der Waals surface area contributed by atoms with Crippen LogP contribution >= 0.6 is 0 Å². The standard InChI is InChI=1S/C20H14F4N4O/c1-19(9-17(20(22,23)24)29-18(26)28-19)15-8-12(5-7-16(15)21)2-3-13-4-6-14(10-25)27-11-13/h4-8,11,17H,9H2,1H3,(H2,26,28)/t17-,19-/m0/s1. The van der Waals surface area contributed by atoms with Crippen LogP contribution in [0.1, 0.15) is 35.7 Å². The lowest BCUT2D eigenvalue weighted by atomic mass is 9.84. The second kappa shape index (κ2) is 7.44. The van der Waals surface area contributed by atoms with Gasteiger partial charge in [-0.3, -0.25) is 0 Å². The van der Waals surface area contributed by atoms with Crippen LogP contribution in [0.25, 0.3) is 0 Å². The molecule has 1 aromatic carbocycles. The van der Waals surface area contributed by atoms with Crippen LogP contribution in [0.3, 0.4) is 0 Å². The van der Waals surface area contributed by atoms with Crippen molar-refractivity contribution >= 4 is 6.02 Å². The normalized spacial score (nSPS) is 21.2. The quantitative estimate of drug-likeness (QED) is 0.586. The first-order valence-corrected chi connectivity index (χ1v) is 8.37. The van der Waals surface area contributed by atoms with Crippen molar-refractivity contribution < 1.29 is 22.3 Å². The zero-order valence-corrected chi connectivity index (χ0v) is 15.1. The molecule has 0 fully saturated rings. The van der Waals surface area contributed by atoms with Crippen molar-refractivity contribution in [1.29, 1.82) is 5.26 Å². The number of pyridine rings is 1. The van der Waals surface area contributed by atoms with Gasteiger partial charge in [0, 0.05) is 29.3 Å². The summed E-state index contributed by atoms with van der Waals surface area (Å²) in [5.41, 5.74) is 4.92. The molecule has 148 valence electrons. The summed E-state index contributed by atoms with van der Waals surface area (Å²) in [5, 5.41) is 8.75. The first kappa shape index (κ1) is 20.2. The maximum Gasteiger partial charge on any atom is 0.425 e. The molecule has 2 aromatic rings. The highest BCUT2D eigenvalue weighted by Gasteiger charge is 2.50. The number of nitrogens with two attached hydrogens (primary N) is 1. The van der Waals surface area contributed by atoms with E-state index in [9.17, 15) is 17.6 Å². The monoisotopic (exact) mass is 402 g/mol. The van der Waals surface area contributed by atoms with Crippen LogP contribution in [0, 0.1) is 29.0 Å². The number of aliphatic imine (C=N–C) groups is 1. The summed E-state index contributed by atoms with van der Waals surface area (Å²) < 4.78 is 58.5. The Kier molecular flexibility index (Phi) is 5.17. The third-order valence-corrected chi connectivity index (χ3v) is 4.34. The molecule has 0 aliphatic carbocycles. The second-order valence-corrected chi connectivity index (χ2v) is 6.56. The van der Waals surface area contributed by atoms with Gasteiger partial charge in [-0.15, -0.1) is 0 Å². The maximum absolute atomic E-state index is 14.5. The first-order valence-electron chi connectivity index (χ1n) is 8.37. The summed E-state index contributed by atoms with van der Waals surface area (Å²) in [5.74, 6) is 4.88. The van der Waals surface area contributed by atoms with E-state index in [0.717, 1.165) is 6.07 Å². The highest BCUT2D eigenvalue weighted by molar-refractivity contribution is 5.73. The maximum atomic E-state index is 14.5. The van der Waals surface area contributed by atoms with Gasteiger partial charge in [0.2, 0.25) is 0 Å². The third-order valence-electron chi connectivity index (χ3n) is 4.34. The molecule has 0 unspecified atom stereocenters. The number of ether oxygens (including phenoxy) is 1. The lowest BCUT2D eigenvalue weighted by Crippen LogP contribution is -2.46. The van der Waals surface area contributed by atoms with Crippen LogP contribution < -0.4 is 5.73 Å². The fourth-order valence-corrected chi connectivity index (χ4v) is 2.91. The van der Waals surface area contributed by atoms with E-state index in [2.05, 4.69) is 26.6 Å². The van der Waals surface area contributed by atoms with Crippen LogP contribution in [0.5, 0.6) is 0 Å². The Bertz CT molecular complexity index is 1060. The lowest BCUT2D eigenvalue weighted by Gasteiger charge is -2.35. The molecule has 9 heteroatoms. The molecule has 0 amide bonds. The predicted octanol–water partition coefficient (Wildman–Crippen LogP) is 3.37. The van der Waals surface area contributed by atoms with Crippen molar-refractivity contribution in [2.45, 2.75) is 31.2 Å². The zero-order valence-electron chi connectivity index (χ0n) is 15.1. The van der Waals surface area contributed by atoms with Gasteiger partial charge < -0.3 is 10.5 Å². The van der Waals surface area contributed by atoms with Gasteiger partial charge in [0.15, 0.2) is 6.10 Å². The molecule has 29 heavy (non-hydrogen) atoms. The molecule has 2 atom stereocenters. The van der Waals surface area contributed by atoms with Gasteiger partial charge in [0.05, 0.1) is 5.54 Å².